The summed E-state index contributed by atoms with van der Waals surface area (Å²) in [6.45, 7) is 6.88. The maximum Gasteiger partial charge on any atom is 0.242 e. The lowest BCUT2D eigenvalue weighted by atomic mass is 10.1. The van der Waals surface area contributed by atoms with Crippen molar-refractivity contribution in [2.24, 2.45) is 5.92 Å². The molecule has 0 spiro atoms. The standard InChI is InChI=1S/C26H36N2O5/c1-18(2)13-14-27-26(30)19(3)28(17-20-7-10-22(31-4)11-8-20)25(29)16-21-9-12-23(32-5)24(15-21)33-6/h7-12,15,18-19H,13-14,16-17H2,1-6H3,(H,27,30)/t19-/m1/s1. The third-order valence-electron chi connectivity index (χ3n) is 5.50. The highest BCUT2D eigenvalue weighted by molar-refractivity contribution is 5.88. The number of hydrogen-bond acceptors (Lipinski definition) is 5. The zero-order valence-electron chi connectivity index (χ0n) is 20.5. The minimum absolute atomic E-state index is 0.139. The van der Waals surface area contributed by atoms with Crippen LogP contribution in [0.15, 0.2) is 42.5 Å². The Morgan fingerprint density at radius 3 is 2.09 bits per heavy atom. The van der Waals surface area contributed by atoms with Crippen LogP contribution < -0.4 is 19.5 Å². The Bertz CT molecular complexity index is 911. The summed E-state index contributed by atoms with van der Waals surface area (Å²) in [5, 5.41) is 2.96. The lowest BCUT2D eigenvalue weighted by molar-refractivity contribution is -0.140. The number of rotatable bonds is 12. The van der Waals surface area contributed by atoms with Crippen LogP contribution in [0.2, 0.25) is 0 Å². The molecule has 0 aliphatic rings. The molecule has 0 unspecified atom stereocenters. The van der Waals surface area contributed by atoms with E-state index in [1.807, 2.05) is 30.3 Å². The van der Waals surface area contributed by atoms with Crippen LogP contribution in [0, 0.1) is 5.92 Å². The highest BCUT2D eigenvalue weighted by Gasteiger charge is 2.26. The zero-order chi connectivity index (χ0) is 24.4. The molecule has 0 fully saturated rings. The van der Waals surface area contributed by atoms with Crippen molar-refractivity contribution in [1.29, 1.82) is 0 Å². The summed E-state index contributed by atoms with van der Waals surface area (Å²) in [5.41, 5.74) is 1.70. The molecule has 0 aliphatic carbocycles. The highest BCUT2D eigenvalue weighted by Crippen LogP contribution is 2.28. The molecule has 180 valence electrons. The first-order chi connectivity index (χ1) is 15.8. The quantitative estimate of drug-likeness (QED) is 0.525. The predicted octanol–water partition coefficient (Wildman–Crippen LogP) is 3.83. The van der Waals surface area contributed by atoms with Gasteiger partial charge in [-0.1, -0.05) is 32.0 Å². The fourth-order valence-corrected chi connectivity index (χ4v) is 3.41. The van der Waals surface area contributed by atoms with Gasteiger partial charge in [0.1, 0.15) is 11.8 Å². The third-order valence-corrected chi connectivity index (χ3v) is 5.50. The molecule has 2 amide bonds. The van der Waals surface area contributed by atoms with E-state index in [-0.39, 0.29) is 18.2 Å². The van der Waals surface area contributed by atoms with Crippen LogP contribution in [-0.2, 0) is 22.6 Å². The fourth-order valence-electron chi connectivity index (χ4n) is 3.41. The summed E-state index contributed by atoms with van der Waals surface area (Å²) in [7, 11) is 4.74. The van der Waals surface area contributed by atoms with Crippen LogP contribution in [0.3, 0.4) is 0 Å². The number of amides is 2. The van der Waals surface area contributed by atoms with E-state index in [0.717, 1.165) is 23.3 Å². The maximum absolute atomic E-state index is 13.4. The molecule has 0 aliphatic heterocycles. The molecular formula is C26H36N2O5. The molecule has 2 aromatic carbocycles. The second-order valence-corrected chi connectivity index (χ2v) is 8.39. The van der Waals surface area contributed by atoms with E-state index in [1.54, 1.807) is 45.3 Å². The molecule has 1 atom stereocenters. The van der Waals surface area contributed by atoms with Gasteiger partial charge in [-0.05, 0) is 54.7 Å². The van der Waals surface area contributed by atoms with E-state index < -0.39 is 6.04 Å². The Hall–Kier alpha value is -3.22. The van der Waals surface area contributed by atoms with Gasteiger partial charge in [-0.15, -0.1) is 0 Å². The number of ether oxygens (including phenoxy) is 3. The van der Waals surface area contributed by atoms with E-state index >= 15 is 0 Å². The van der Waals surface area contributed by atoms with E-state index in [0.29, 0.717) is 30.5 Å². The van der Waals surface area contributed by atoms with Gasteiger partial charge in [0.2, 0.25) is 11.8 Å². The summed E-state index contributed by atoms with van der Waals surface area (Å²) in [4.78, 5) is 27.8. The number of hydrogen-bond donors (Lipinski definition) is 1. The fraction of sp³-hybridized carbons (Fsp3) is 0.462. The molecule has 1 N–H and O–H groups in total. The van der Waals surface area contributed by atoms with Gasteiger partial charge in [0, 0.05) is 13.1 Å². The van der Waals surface area contributed by atoms with E-state index in [4.69, 9.17) is 14.2 Å². The molecule has 0 radical (unpaired) electrons. The Balaban J connectivity index is 2.22. The van der Waals surface area contributed by atoms with Gasteiger partial charge >= 0.3 is 0 Å². The first-order valence-electron chi connectivity index (χ1n) is 11.2. The highest BCUT2D eigenvalue weighted by atomic mass is 16.5. The largest absolute Gasteiger partial charge is 0.497 e. The zero-order valence-corrected chi connectivity index (χ0v) is 20.5. The second kappa shape index (κ2) is 12.7. The lowest BCUT2D eigenvalue weighted by Crippen LogP contribution is -2.48. The monoisotopic (exact) mass is 456 g/mol. The Morgan fingerprint density at radius 1 is 0.879 bits per heavy atom. The Labute approximate surface area is 197 Å². The number of methoxy groups -OCH3 is 3. The van der Waals surface area contributed by atoms with Gasteiger partial charge in [0.15, 0.2) is 11.5 Å². The van der Waals surface area contributed by atoms with Crippen LogP contribution in [0.1, 0.15) is 38.3 Å². The van der Waals surface area contributed by atoms with E-state index in [2.05, 4.69) is 19.2 Å². The molecule has 7 nitrogen and oxygen atoms in total. The van der Waals surface area contributed by atoms with Gasteiger partial charge < -0.3 is 24.4 Å². The predicted molar refractivity (Wildman–Crippen MR) is 129 cm³/mol. The van der Waals surface area contributed by atoms with Crippen molar-refractivity contribution in [3.05, 3.63) is 53.6 Å². The van der Waals surface area contributed by atoms with E-state index in [9.17, 15) is 9.59 Å². The molecule has 7 heteroatoms. The number of carbonyl (C=O) groups is 2. The summed E-state index contributed by atoms with van der Waals surface area (Å²) >= 11 is 0. The van der Waals surface area contributed by atoms with E-state index in [1.165, 1.54) is 0 Å². The maximum atomic E-state index is 13.4. The smallest absolute Gasteiger partial charge is 0.242 e. The van der Waals surface area contributed by atoms with Gasteiger partial charge in [0.05, 0.1) is 27.8 Å². The molecule has 0 aromatic heterocycles. The summed E-state index contributed by atoms with van der Waals surface area (Å²) < 4.78 is 15.9. The molecule has 0 saturated heterocycles. The van der Waals surface area contributed by atoms with Crippen molar-refractivity contribution < 1.29 is 23.8 Å². The van der Waals surface area contributed by atoms with Gasteiger partial charge in [-0.2, -0.15) is 0 Å². The lowest BCUT2D eigenvalue weighted by Gasteiger charge is -2.29. The average Bonchev–Trinajstić information content (AvgIpc) is 2.81. The molecular weight excluding hydrogens is 420 g/mol. The van der Waals surface area contributed by atoms with Crippen molar-refractivity contribution in [1.82, 2.24) is 10.2 Å². The van der Waals surface area contributed by atoms with Crippen LogP contribution in [0.25, 0.3) is 0 Å². The summed E-state index contributed by atoms with van der Waals surface area (Å²) in [6, 6.07) is 12.3. The number of nitrogens with zero attached hydrogens (tertiary/aromatic N) is 1. The molecule has 2 rings (SSSR count). The number of carbonyl (C=O) groups excluding carboxylic acids is 2. The minimum atomic E-state index is -0.619. The number of benzene rings is 2. The van der Waals surface area contributed by atoms with Crippen molar-refractivity contribution in [3.8, 4) is 17.2 Å². The average molecular weight is 457 g/mol. The molecule has 33 heavy (non-hydrogen) atoms. The van der Waals surface area contributed by atoms with Gasteiger partial charge in [-0.3, -0.25) is 9.59 Å². The summed E-state index contributed by atoms with van der Waals surface area (Å²) in [5.74, 6) is 2.07. The van der Waals surface area contributed by atoms with Crippen molar-refractivity contribution in [2.75, 3.05) is 27.9 Å². The molecule has 0 bridgehead atoms. The minimum Gasteiger partial charge on any atom is -0.497 e. The SMILES string of the molecule is COc1ccc(CN(C(=O)Cc2ccc(OC)c(OC)c2)[C@H](C)C(=O)NCCC(C)C)cc1. The van der Waals surface area contributed by atoms with Crippen LogP contribution in [-0.4, -0.2) is 50.6 Å². The first kappa shape index (κ1) is 26.0. The Morgan fingerprint density at radius 2 is 1.52 bits per heavy atom. The van der Waals surface area contributed by atoms with Crippen LogP contribution in [0.5, 0.6) is 17.2 Å². The van der Waals surface area contributed by atoms with Gasteiger partial charge in [0.25, 0.3) is 0 Å². The number of nitrogens with one attached hydrogen (secondary N) is 1. The second-order valence-electron chi connectivity index (χ2n) is 8.39. The van der Waals surface area contributed by atoms with Crippen molar-refractivity contribution in [2.45, 2.75) is 46.2 Å². The first-order valence-corrected chi connectivity index (χ1v) is 11.2. The molecule has 2 aromatic rings. The summed E-state index contributed by atoms with van der Waals surface area (Å²) in [6.07, 6.45) is 1.02. The van der Waals surface area contributed by atoms with Crippen LogP contribution in [0.4, 0.5) is 0 Å². The topological polar surface area (TPSA) is 77.1 Å². The normalized spacial score (nSPS) is 11.6. The molecule has 0 saturated carbocycles. The van der Waals surface area contributed by atoms with Crippen LogP contribution >= 0.6 is 0 Å². The van der Waals surface area contributed by atoms with Crippen molar-refractivity contribution >= 4 is 11.8 Å². The third kappa shape index (κ3) is 7.70. The Kier molecular flexibility index (Phi) is 10.0. The van der Waals surface area contributed by atoms with Crippen molar-refractivity contribution in [3.63, 3.8) is 0 Å². The van der Waals surface area contributed by atoms with Gasteiger partial charge in [-0.25, -0.2) is 0 Å². The molecule has 0 heterocycles.